The van der Waals surface area contributed by atoms with Gasteiger partial charge in [0.2, 0.25) is 0 Å². The molecule has 0 radical (unpaired) electrons. The Labute approximate surface area is 112 Å². The van der Waals surface area contributed by atoms with E-state index >= 15 is 0 Å². The average molecular weight is 264 g/mol. The summed E-state index contributed by atoms with van der Waals surface area (Å²) in [6.07, 6.45) is 0.649. The second kappa shape index (κ2) is 6.33. The van der Waals surface area contributed by atoms with Gasteiger partial charge < -0.3 is 16.2 Å². The van der Waals surface area contributed by atoms with Gasteiger partial charge in [-0.05, 0) is 44.5 Å². The molecule has 5 heteroatoms. The minimum absolute atomic E-state index is 0.121. The average Bonchev–Trinajstić information content (AvgIpc) is 2.27. The second-order valence-corrected chi connectivity index (χ2v) is 5.14. The van der Waals surface area contributed by atoms with Crippen molar-refractivity contribution in [1.82, 2.24) is 5.32 Å². The first-order chi connectivity index (χ1) is 8.84. The molecule has 1 amide bonds. The van der Waals surface area contributed by atoms with E-state index in [-0.39, 0.29) is 12.3 Å². The van der Waals surface area contributed by atoms with Crippen LogP contribution in [-0.2, 0) is 11.2 Å². The highest BCUT2D eigenvalue weighted by Crippen LogP contribution is 2.11. The van der Waals surface area contributed by atoms with Crippen molar-refractivity contribution in [1.29, 1.82) is 0 Å². The predicted molar refractivity (Wildman–Crippen MR) is 73.0 cm³/mol. The fourth-order valence-corrected chi connectivity index (χ4v) is 1.79. The number of nitrogens with two attached hydrogens (primary N) is 1. The Morgan fingerprint density at radius 3 is 2.32 bits per heavy atom. The van der Waals surface area contributed by atoms with Crippen molar-refractivity contribution in [2.45, 2.75) is 32.2 Å². The Morgan fingerprint density at radius 1 is 1.26 bits per heavy atom. The number of aliphatic carboxylic acids is 1. The van der Waals surface area contributed by atoms with Gasteiger partial charge in [0.1, 0.15) is 0 Å². The molecule has 0 heterocycles. The van der Waals surface area contributed by atoms with Crippen molar-refractivity contribution < 1.29 is 14.7 Å². The molecule has 0 spiro atoms. The lowest BCUT2D eigenvalue weighted by atomic mass is 10.00. The zero-order chi connectivity index (χ0) is 14.5. The summed E-state index contributed by atoms with van der Waals surface area (Å²) in [4.78, 5) is 22.7. The van der Waals surface area contributed by atoms with Crippen molar-refractivity contribution in [2.75, 3.05) is 6.54 Å². The number of carboxylic acids is 1. The molecule has 1 aromatic carbocycles. The Balaban J connectivity index is 2.70. The maximum atomic E-state index is 12.0. The standard InChI is InChI=1S/C14H20N2O3/c1-14(2,9-12(17)18)16-13(19)11-5-3-10(4-6-11)7-8-15/h3-6H,7-9,15H2,1-2H3,(H,16,19)(H,17,18). The number of amides is 1. The van der Waals surface area contributed by atoms with E-state index in [1.54, 1.807) is 26.0 Å². The molecule has 5 nitrogen and oxygen atoms in total. The molecular formula is C14H20N2O3. The summed E-state index contributed by atoms with van der Waals surface area (Å²) in [6.45, 7) is 3.93. The number of hydrogen-bond acceptors (Lipinski definition) is 3. The fraction of sp³-hybridized carbons (Fsp3) is 0.429. The number of benzene rings is 1. The largest absolute Gasteiger partial charge is 0.481 e. The van der Waals surface area contributed by atoms with E-state index < -0.39 is 11.5 Å². The third-order valence-corrected chi connectivity index (χ3v) is 2.69. The monoisotopic (exact) mass is 264 g/mol. The summed E-state index contributed by atoms with van der Waals surface area (Å²) in [7, 11) is 0. The van der Waals surface area contributed by atoms with Crippen LogP contribution in [0, 0.1) is 0 Å². The smallest absolute Gasteiger partial charge is 0.305 e. The van der Waals surface area contributed by atoms with Gasteiger partial charge in [-0.2, -0.15) is 0 Å². The molecule has 19 heavy (non-hydrogen) atoms. The van der Waals surface area contributed by atoms with E-state index in [2.05, 4.69) is 5.32 Å². The number of carboxylic acid groups (broad SMARTS) is 1. The van der Waals surface area contributed by atoms with Gasteiger partial charge in [-0.1, -0.05) is 12.1 Å². The molecule has 0 saturated heterocycles. The quantitative estimate of drug-likeness (QED) is 0.719. The number of carbonyl (C=O) groups excluding carboxylic acids is 1. The highest BCUT2D eigenvalue weighted by atomic mass is 16.4. The van der Waals surface area contributed by atoms with E-state index in [0.717, 1.165) is 12.0 Å². The maximum Gasteiger partial charge on any atom is 0.305 e. The number of carbonyl (C=O) groups is 2. The molecule has 0 saturated carbocycles. The predicted octanol–water partition coefficient (Wildman–Crippen LogP) is 1.17. The topological polar surface area (TPSA) is 92.4 Å². The van der Waals surface area contributed by atoms with Crippen molar-refractivity contribution in [3.8, 4) is 0 Å². The number of nitrogens with one attached hydrogen (secondary N) is 1. The summed E-state index contributed by atoms with van der Waals surface area (Å²) in [5.74, 6) is -1.21. The molecule has 0 bridgehead atoms. The first-order valence-corrected chi connectivity index (χ1v) is 6.17. The molecule has 0 atom stereocenters. The first kappa shape index (κ1) is 15.2. The van der Waals surface area contributed by atoms with Gasteiger partial charge in [0, 0.05) is 11.1 Å². The zero-order valence-corrected chi connectivity index (χ0v) is 11.3. The van der Waals surface area contributed by atoms with Crippen LogP contribution in [0.3, 0.4) is 0 Å². The lowest BCUT2D eigenvalue weighted by molar-refractivity contribution is -0.138. The van der Waals surface area contributed by atoms with Crippen LogP contribution < -0.4 is 11.1 Å². The van der Waals surface area contributed by atoms with Crippen LogP contribution in [0.4, 0.5) is 0 Å². The summed E-state index contributed by atoms with van der Waals surface area (Å²) < 4.78 is 0. The van der Waals surface area contributed by atoms with Crippen molar-refractivity contribution in [2.24, 2.45) is 5.73 Å². The van der Waals surface area contributed by atoms with Crippen LogP contribution in [-0.4, -0.2) is 29.1 Å². The van der Waals surface area contributed by atoms with Gasteiger partial charge in [-0.15, -0.1) is 0 Å². The summed E-state index contributed by atoms with van der Waals surface area (Å²) in [6, 6.07) is 7.15. The molecule has 1 aromatic rings. The Kier molecular flexibility index (Phi) is 5.06. The van der Waals surface area contributed by atoms with E-state index in [0.29, 0.717) is 12.1 Å². The van der Waals surface area contributed by atoms with Gasteiger partial charge in [0.15, 0.2) is 0 Å². The van der Waals surface area contributed by atoms with E-state index in [1.165, 1.54) is 0 Å². The molecule has 0 aliphatic rings. The third-order valence-electron chi connectivity index (χ3n) is 2.69. The summed E-state index contributed by atoms with van der Waals surface area (Å²) in [5, 5.41) is 11.5. The van der Waals surface area contributed by atoms with Crippen molar-refractivity contribution >= 4 is 11.9 Å². The second-order valence-electron chi connectivity index (χ2n) is 5.14. The van der Waals surface area contributed by atoms with Gasteiger partial charge in [0.25, 0.3) is 5.91 Å². The maximum absolute atomic E-state index is 12.0. The molecule has 1 rings (SSSR count). The highest BCUT2D eigenvalue weighted by Gasteiger charge is 2.24. The molecule has 0 aliphatic carbocycles. The molecular weight excluding hydrogens is 244 g/mol. The van der Waals surface area contributed by atoms with Crippen LogP contribution in [0.25, 0.3) is 0 Å². The van der Waals surface area contributed by atoms with Crippen LogP contribution in [0.1, 0.15) is 36.2 Å². The van der Waals surface area contributed by atoms with Crippen molar-refractivity contribution in [3.05, 3.63) is 35.4 Å². The van der Waals surface area contributed by atoms with E-state index in [1.807, 2.05) is 12.1 Å². The third kappa shape index (κ3) is 5.09. The fourth-order valence-electron chi connectivity index (χ4n) is 1.79. The number of rotatable bonds is 6. The van der Waals surface area contributed by atoms with E-state index in [4.69, 9.17) is 10.8 Å². The molecule has 0 aliphatic heterocycles. The van der Waals surface area contributed by atoms with Crippen LogP contribution >= 0.6 is 0 Å². The van der Waals surface area contributed by atoms with Crippen molar-refractivity contribution in [3.63, 3.8) is 0 Å². The Hall–Kier alpha value is -1.88. The molecule has 0 aromatic heterocycles. The Morgan fingerprint density at radius 2 is 1.84 bits per heavy atom. The lowest BCUT2D eigenvalue weighted by Crippen LogP contribution is -2.44. The van der Waals surface area contributed by atoms with Gasteiger partial charge in [0.05, 0.1) is 6.42 Å². The minimum atomic E-state index is -0.941. The summed E-state index contributed by atoms with van der Waals surface area (Å²) in [5.41, 5.74) is 6.26. The highest BCUT2D eigenvalue weighted by molar-refractivity contribution is 5.94. The normalized spacial score (nSPS) is 11.1. The molecule has 4 N–H and O–H groups in total. The minimum Gasteiger partial charge on any atom is -0.481 e. The zero-order valence-electron chi connectivity index (χ0n) is 11.3. The lowest BCUT2D eigenvalue weighted by Gasteiger charge is -2.24. The molecule has 0 fully saturated rings. The molecule has 104 valence electrons. The van der Waals surface area contributed by atoms with Crippen LogP contribution in [0.2, 0.25) is 0 Å². The number of hydrogen-bond donors (Lipinski definition) is 3. The van der Waals surface area contributed by atoms with Gasteiger partial charge >= 0.3 is 5.97 Å². The van der Waals surface area contributed by atoms with Crippen LogP contribution in [0.15, 0.2) is 24.3 Å². The SMILES string of the molecule is CC(C)(CC(=O)O)NC(=O)c1ccc(CCN)cc1. The van der Waals surface area contributed by atoms with E-state index in [9.17, 15) is 9.59 Å². The van der Waals surface area contributed by atoms with Gasteiger partial charge in [-0.3, -0.25) is 9.59 Å². The first-order valence-electron chi connectivity index (χ1n) is 6.17. The Bertz CT molecular complexity index is 452. The molecule has 0 unspecified atom stereocenters. The van der Waals surface area contributed by atoms with Crippen LogP contribution in [0.5, 0.6) is 0 Å². The summed E-state index contributed by atoms with van der Waals surface area (Å²) >= 11 is 0. The van der Waals surface area contributed by atoms with Gasteiger partial charge in [-0.25, -0.2) is 0 Å².